The third-order valence-corrected chi connectivity index (χ3v) is 4.52. The van der Waals surface area contributed by atoms with Gasteiger partial charge in [-0.2, -0.15) is 0 Å². The van der Waals surface area contributed by atoms with Crippen LogP contribution in [0.15, 0.2) is 29.0 Å². The number of amides is 1. The smallest absolute Gasteiger partial charge is 0.260 e. The topological polar surface area (TPSA) is 55.3 Å². The van der Waals surface area contributed by atoms with E-state index in [9.17, 15) is 4.79 Å². The number of ether oxygens (including phenoxy) is 1. The van der Waals surface area contributed by atoms with E-state index in [1.54, 1.807) is 0 Å². The average Bonchev–Trinajstić information content (AvgIpc) is 2.53. The number of halogens is 1. The monoisotopic (exact) mass is 363 g/mol. The van der Waals surface area contributed by atoms with Crippen LogP contribution < -0.4 is 4.74 Å². The highest BCUT2D eigenvalue weighted by atomic mass is 79.9. The Morgan fingerprint density at radius 1 is 1.36 bits per heavy atom. The van der Waals surface area contributed by atoms with Crippen molar-refractivity contribution in [2.75, 3.05) is 19.7 Å². The summed E-state index contributed by atoms with van der Waals surface area (Å²) >= 11 is 3.43. The predicted octanol–water partition coefficient (Wildman–Crippen LogP) is 3.03. The molecule has 2 aromatic rings. The van der Waals surface area contributed by atoms with E-state index < -0.39 is 0 Å². The molecular formula is C16H18BrN3O2. The minimum absolute atomic E-state index is 0.0208. The van der Waals surface area contributed by atoms with Gasteiger partial charge < -0.3 is 9.64 Å². The summed E-state index contributed by atoms with van der Waals surface area (Å²) in [7, 11) is 0. The molecule has 1 aliphatic rings. The molecule has 5 nitrogen and oxygen atoms in total. The summed E-state index contributed by atoms with van der Waals surface area (Å²) in [5.74, 6) is 1.17. The van der Waals surface area contributed by atoms with Crippen molar-refractivity contribution >= 4 is 32.7 Å². The first-order valence-electron chi connectivity index (χ1n) is 7.44. The summed E-state index contributed by atoms with van der Waals surface area (Å²) in [4.78, 5) is 22.5. The second-order valence-corrected chi connectivity index (χ2v) is 6.61. The lowest BCUT2D eigenvalue weighted by Crippen LogP contribution is -2.40. The molecule has 1 amide bonds. The van der Waals surface area contributed by atoms with E-state index in [4.69, 9.17) is 4.74 Å². The zero-order valence-electron chi connectivity index (χ0n) is 12.5. The van der Waals surface area contributed by atoms with Crippen LogP contribution >= 0.6 is 15.9 Å². The van der Waals surface area contributed by atoms with Crippen LogP contribution in [0.5, 0.6) is 5.88 Å². The van der Waals surface area contributed by atoms with Gasteiger partial charge >= 0.3 is 0 Å². The number of benzene rings is 1. The lowest BCUT2D eigenvalue weighted by Gasteiger charge is -2.30. The fourth-order valence-corrected chi connectivity index (χ4v) is 2.96. The molecule has 1 saturated heterocycles. The average molecular weight is 364 g/mol. The van der Waals surface area contributed by atoms with Crippen LogP contribution in [-0.4, -0.2) is 40.5 Å². The van der Waals surface area contributed by atoms with Gasteiger partial charge in [0.05, 0.1) is 10.9 Å². The molecule has 2 heterocycles. The molecule has 0 atom stereocenters. The number of likely N-dealkylation sites (tertiary alicyclic amines) is 1. The van der Waals surface area contributed by atoms with Crippen LogP contribution in [0.4, 0.5) is 0 Å². The Labute approximate surface area is 137 Å². The highest BCUT2D eigenvalue weighted by molar-refractivity contribution is 9.10. The van der Waals surface area contributed by atoms with Crippen molar-refractivity contribution in [2.24, 2.45) is 5.92 Å². The summed E-state index contributed by atoms with van der Waals surface area (Å²) in [6.07, 6.45) is 3.59. The first-order valence-corrected chi connectivity index (χ1v) is 8.23. The summed E-state index contributed by atoms with van der Waals surface area (Å²) in [5, 5.41) is 0.803. The Morgan fingerprint density at radius 3 is 2.91 bits per heavy atom. The van der Waals surface area contributed by atoms with Crippen LogP contribution in [0.1, 0.15) is 19.8 Å². The SMILES string of the molecule is CC1CCN(C(=O)COc2ncnc3ccc(Br)cc23)CC1. The van der Waals surface area contributed by atoms with Gasteiger partial charge in [0.1, 0.15) is 6.33 Å². The highest BCUT2D eigenvalue weighted by Gasteiger charge is 2.20. The third-order valence-electron chi connectivity index (χ3n) is 4.03. The van der Waals surface area contributed by atoms with Crippen LogP contribution in [0.3, 0.4) is 0 Å². The summed E-state index contributed by atoms with van der Waals surface area (Å²) in [6.45, 7) is 3.88. The lowest BCUT2D eigenvalue weighted by atomic mass is 9.99. The third kappa shape index (κ3) is 3.38. The number of piperidine rings is 1. The number of rotatable bonds is 3. The van der Waals surface area contributed by atoms with E-state index in [0.29, 0.717) is 11.8 Å². The molecule has 0 spiro atoms. The molecule has 1 aromatic carbocycles. The Kier molecular flexibility index (Phi) is 4.57. The van der Waals surface area contributed by atoms with Gasteiger partial charge in [-0.25, -0.2) is 9.97 Å². The number of nitrogens with zero attached hydrogens (tertiary/aromatic N) is 3. The van der Waals surface area contributed by atoms with Gasteiger partial charge in [0, 0.05) is 17.6 Å². The number of hydrogen-bond acceptors (Lipinski definition) is 4. The van der Waals surface area contributed by atoms with Crippen LogP contribution in [-0.2, 0) is 4.79 Å². The zero-order valence-corrected chi connectivity index (χ0v) is 14.0. The maximum Gasteiger partial charge on any atom is 0.260 e. The van der Waals surface area contributed by atoms with Crippen molar-refractivity contribution in [1.29, 1.82) is 0 Å². The molecule has 0 aliphatic carbocycles. The normalized spacial score (nSPS) is 16.0. The van der Waals surface area contributed by atoms with E-state index >= 15 is 0 Å². The van der Waals surface area contributed by atoms with Crippen molar-refractivity contribution < 1.29 is 9.53 Å². The van der Waals surface area contributed by atoms with Crippen LogP contribution in [0, 0.1) is 5.92 Å². The van der Waals surface area contributed by atoms with Crippen molar-refractivity contribution in [1.82, 2.24) is 14.9 Å². The Balaban J connectivity index is 1.69. The number of fused-ring (bicyclic) bond motifs is 1. The predicted molar refractivity (Wildman–Crippen MR) is 87.7 cm³/mol. The van der Waals surface area contributed by atoms with Gasteiger partial charge in [-0.05, 0) is 37.0 Å². The van der Waals surface area contributed by atoms with E-state index in [0.717, 1.165) is 41.3 Å². The van der Waals surface area contributed by atoms with E-state index in [1.165, 1.54) is 6.33 Å². The van der Waals surface area contributed by atoms with Crippen molar-refractivity contribution in [3.63, 3.8) is 0 Å². The molecule has 1 fully saturated rings. The first kappa shape index (κ1) is 15.2. The molecule has 0 saturated carbocycles. The molecule has 3 rings (SSSR count). The quantitative estimate of drug-likeness (QED) is 0.840. The zero-order chi connectivity index (χ0) is 15.5. The fraction of sp³-hybridized carbons (Fsp3) is 0.438. The molecule has 0 radical (unpaired) electrons. The van der Waals surface area contributed by atoms with Crippen LogP contribution in [0.2, 0.25) is 0 Å². The van der Waals surface area contributed by atoms with Gasteiger partial charge in [-0.3, -0.25) is 4.79 Å². The summed E-state index contributed by atoms with van der Waals surface area (Å²) < 4.78 is 6.58. The second-order valence-electron chi connectivity index (χ2n) is 5.69. The minimum Gasteiger partial charge on any atom is -0.467 e. The number of carbonyl (C=O) groups excluding carboxylic acids is 1. The lowest BCUT2D eigenvalue weighted by molar-refractivity contribution is -0.134. The van der Waals surface area contributed by atoms with Gasteiger partial charge in [0.15, 0.2) is 6.61 Å². The molecule has 1 aliphatic heterocycles. The number of carbonyl (C=O) groups is 1. The maximum atomic E-state index is 12.2. The van der Waals surface area contributed by atoms with Crippen molar-refractivity contribution in [3.05, 3.63) is 29.0 Å². The van der Waals surface area contributed by atoms with Gasteiger partial charge in [-0.15, -0.1) is 0 Å². The van der Waals surface area contributed by atoms with Crippen molar-refractivity contribution in [3.8, 4) is 5.88 Å². The molecule has 0 bridgehead atoms. The van der Waals surface area contributed by atoms with Gasteiger partial charge in [0.2, 0.25) is 5.88 Å². The standard InChI is InChI=1S/C16H18BrN3O2/c1-11-4-6-20(7-5-11)15(21)9-22-16-13-8-12(17)2-3-14(13)18-10-19-16/h2-3,8,10-11H,4-7,9H2,1H3. The van der Waals surface area contributed by atoms with Crippen molar-refractivity contribution in [2.45, 2.75) is 19.8 Å². The number of hydrogen-bond donors (Lipinski definition) is 0. The molecule has 22 heavy (non-hydrogen) atoms. The molecule has 116 valence electrons. The largest absolute Gasteiger partial charge is 0.467 e. The number of aromatic nitrogens is 2. The second kappa shape index (κ2) is 6.60. The van der Waals surface area contributed by atoms with E-state index in [1.807, 2.05) is 23.1 Å². The molecule has 1 aromatic heterocycles. The van der Waals surface area contributed by atoms with Gasteiger partial charge in [-0.1, -0.05) is 22.9 Å². The maximum absolute atomic E-state index is 12.2. The fourth-order valence-electron chi connectivity index (χ4n) is 2.60. The molecule has 6 heteroatoms. The van der Waals surface area contributed by atoms with E-state index in [-0.39, 0.29) is 12.5 Å². The Morgan fingerprint density at radius 2 is 2.14 bits per heavy atom. The molecule has 0 N–H and O–H groups in total. The van der Waals surface area contributed by atoms with Crippen LogP contribution in [0.25, 0.3) is 10.9 Å². The minimum atomic E-state index is 0.0208. The van der Waals surface area contributed by atoms with E-state index in [2.05, 4.69) is 32.8 Å². The highest BCUT2D eigenvalue weighted by Crippen LogP contribution is 2.25. The summed E-state index contributed by atoms with van der Waals surface area (Å²) in [5.41, 5.74) is 0.799. The van der Waals surface area contributed by atoms with Gasteiger partial charge in [0.25, 0.3) is 5.91 Å². The molecule has 0 unspecified atom stereocenters. The Bertz CT molecular complexity index is 684. The first-order chi connectivity index (χ1) is 10.6. The molecular weight excluding hydrogens is 346 g/mol. The Hall–Kier alpha value is -1.69. The summed E-state index contributed by atoms with van der Waals surface area (Å²) in [6, 6.07) is 5.71.